The molecule has 0 saturated carbocycles. The first-order chi connectivity index (χ1) is 13.6. The van der Waals surface area contributed by atoms with E-state index in [1.165, 1.54) is 0 Å². The fourth-order valence-corrected chi connectivity index (χ4v) is 3.09. The molecule has 0 radical (unpaired) electrons. The highest BCUT2D eigenvalue weighted by molar-refractivity contribution is 5.95. The van der Waals surface area contributed by atoms with Gasteiger partial charge in [-0.3, -0.25) is 9.59 Å². The number of aromatic amines is 1. The number of carbonyl (C=O) groups is 2. The molecule has 0 saturated heterocycles. The van der Waals surface area contributed by atoms with E-state index in [1.54, 1.807) is 31.3 Å². The fourth-order valence-electron chi connectivity index (χ4n) is 3.09. The van der Waals surface area contributed by atoms with Crippen LogP contribution in [0.25, 0.3) is 10.9 Å². The van der Waals surface area contributed by atoms with Crippen LogP contribution in [0.5, 0.6) is 11.5 Å². The van der Waals surface area contributed by atoms with Crippen LogP contribution in [0.3, 0.4) is 0 Å². The number of rotatable bonds is 5. The highest BCUT2D eigenvalue weighted by Gasteiger charge is 2.20. The molecule has 2 aromatic carbocycles. The molecule has 144 valence electrons. The summed E-state index contributed by atoms with van der Waals surface area (Å²) in [6.07, 6.45) is 0.947. The van der Waals surface area contributed by atoms with E-state index in [1.807, 2.05) is 24.3 Å². The molecule has 7 heteroatoms. The average Bonchev–Trinajstić information content (AvgIpc) is 3.10. The van der Waals surface area contributed by atoms with Crippen LogP contribution in [0.2, 0.25) is 0 Å². The second-order valence-corrected chi connectivity index (χ2v) is 6.52. The number of para-hydroxylation sites is 1. The maximum atomic E-state index is 12.4. The number of benzene rings is 2. The molecular formula is C21H20N2O5. The minimum Gasteiger partial charge on any atom is -0.486 e. The van der Waals surface area contributed by atoms with E-state index in [9.17, 15) is 9.59 Å². The molecule has 0 aliphatic carbocycles. The van der Waals surface area contributed by atoms with E-state index in [-0.39, 0.29) is 6.42 Å². The average molecular weight is 380 g/mol. The van der Waals surface area contributed by atoms with Crippen molar-refractivity contribution in [3.8, 4) is 11.5 Å². The van der Waals surface area contributed by atoms with Crippen molar-refractivity contribution in [3.05, 3.63) is 54.2 Å². The zero-order valence-corrected chi connectivity index (χ0v) is 15.4. The molecule has 28 heavy (non-hydrogen) atoms. The molecule has 0 fully saturated rings. The smallest absolute Gasteiger partial charge is 0.311 e. The third kappa shape index (κ3) is 3.78. The number of hydrogen-bond acceptors (Lipinski definition) is 5. The predicted molar refractivity (Wildman–Crippen MR) is 104 cm³/mol. The molecule has 0 bridgehead atoms. The Hall–Kier alpha value is -3.48. The van der Waals surface area contributed by atoms with Gasteiger partial charge in [-0.1, -0.05) is 18.2 Å². The van der Waals surface area contributed by atoms with Gasteiger partial charge in [0.1, 0.15) is 13.2 Å². The summed E-state index contributed by atoms with van der Waals surface area (Å²) in [6.45, 7) is 2.51. The second kappa shape index (κ2) is 7.64. The van der Waals surface area contributed by atoms with E-state index in [4.69, 9.17) is 14.2 Å². The van der Waals surface area contributed by atoms with E-state index in [0.29, 0.717) is 30.4 Å². The third-order valence-electron chi connectivity index (χ3n) is 4.50. The van der Waals surface area contributed by atoms with Crippen molar-refractivity contribution in [1.29, 1.82) is 0 Å². The lowest BCUT2D eigenvalue weighted by Crippen LogP contribution is -2.30. The highest BCUT2D eigenvalue weighted by Crippen LogP contribution is 2.32. The van der Waals surface area contributed by atoms with Crippen molar-refractivity contribution < 1.29 is 23.8 Å². The molecule has 2 N–H and O–H groups in total. The standard InChI is InChI=1S/C21H20N2O5/c1-13(21(25)23-15-6-7-18-19(11-15)27-9-8-26-18)28-20(24)10-14-12-22-17-5-3-2-4-16(14)17/h2-7,11-13,22H,8-10H2,1H3,(H,23,25)/t13-/m0/s1. The summed E-state index contributed by atoms with van der Waals surface area (Å²) < 4.78 is 16.3. The van der Waals surface area contributed by atoms with Crippen molar-refractivity contribution in [2.45, 2.75) is 19.4 Å². The Balaban J connectivity index is 1.35. The Labute approximate surface area is 161 Å². The molecule has 1 aliphatic rings. The maximum absolute atomic E-state index is 12.4. The summed E-state index contributed by atoms with van der Waals surface area (Å²) in [5.41, 5.74) is 2.34. The molecule has 0 spiro atoms. The molecule has 1 aromatic heterocycles. The molecule has 1 amide bonds. The SMILES string of the molecule is C[C@H](OC(=O)Cc1c[nH]c2ccccc12)C(=O)Nc1ccc2c(c1)OCCO2. The molecule has 7 nitrogen and oxygen atoms in total. The summed E-state index contributed by atoms with van der Waals surface area (Å²) in [5.74, 6) is 0.342. The van der Waals surface area contributed by atoms with Gasteiger partial charge < -0.3 is 24.5 Å². The number of ether oxygens (including phenoxy) is 3. The lowest BCUT2D eigenvalue weighted by atomic mass is 10.1. The minimum atomic E-state index is -0.925. The predicted octanol–water partition coefficient (Wildman–Crippen LogP) is 3.05. The van der Waals surface area contributed by atoms with Crippen LogP contribution in [0.4, 0.5) is 5.69 Å². The summed E-state index contributed by atoms with van der Waals surface area (Å²) in [4.78, 5) is 27.7. The van der Waals surface area contributed by atoms with Crippen LogP contribution >= 0.6 is 0 Å². The van der Waals surface area contributed by atoms with Crippen molar-refractivity contribution >= 4 is 28.5 Å². The van der Waals surface area contributed by atoms with Gasteiger partial charge in [-0.2, -0.15) is 0 Å². The van der Waals surface area contributed by atoms with Crippen LogP contribution in [0, 0.1) is 0 Å². The number of amides is 1. The Morgan fingerprint density at radius 1 is 1.14 bits per heavy atom. The summed E-state index contributed by atoms with van der Waals surface area (Å²) in [5, 5.41) is 3.69. The number of anilines is 1. The Kier molecular flexibility index (Phi) is 4.89. The van der Waals surface area contributed by atoms with E-state index in [0.717, 1.165) is 16.5 Å². The maximum Gasteiger partial charge on any atom is 0.311 e. The third-order valence-corrected chi connectivity index (χ3v) is 4.50. The Morgan fingerprint density at radius 3 is 2.79 bits per heavy atom. The Bertz CT molecular complexity index is 1030. The first-order valence-electron chi connectivity index (χ1n) is 9.05. The summed E-state index contributed by atoms with van der Waals surface area (Å²) >= 11 is 0. The van der Waals surface area contributed by atoms with Gasteiger partial charge in [-0.15, -0.1) is 0 Å². The fraction of sp³-hybridized carbons (Fsp3) is 0.238. The number of aromatic nitrogens is 1. The number of H-pyrrole nitrogens is 1. The van der Waals surface area contributed by atoms with Crippen molar-refractivity contribution in [3.63, 3.8) is 0 Å². The number of esters is 1. The zero-order valence-electron chi connectivity index (χ0n) is 15.4. The lowest BCUT2D eigenvalue weighted by molar-refractivity contribution is -0.152. The Morgan fingerprint density at radius 2 is 1.93 bits per heavy atom. The van der Waals surface area contributed by atoms with Crippen molar-refractivity contribution in [2.24, 2.45) is 0 Å². The molecule has 3 aromatic rings. The topological polar surface area (TPSA) is 89.7 Å². The van der Waals surface area contributed by atoms with Gasteiger partial charge in [0.05, 0.1) is 6.42 Å². The van der Waals surface area contributed by atoms with E-state index >= 15 is 0 Å². The van der Waals surface area contributed by atoms with Gasteiger partial charge >= 0.3 is 5.97 Å². The van der Waals surface area contributed by atoms with Crippen LogP contribution in [-0.4, -0.2) is 36.2 Å². The second-order valence-electron chi connectivity index (χ2n) is 6.52. The van der Waals surface area contributed by atoms with Gasteiger partial charge in [0.15, 0.2) is 17.6 Å². The number of fused-ring (bicyclic) bond motifs is 2. The van der Waals surface area contributed by atoms with Crippen LogP contribution < -0.4 is 14.8 Å². The van der Waals surface area contributed by atoms with Crippen molar-refractivity contribution in [1.82, 2.24) is 4.98 Å². The summed E-state index contributed by atoms with van der Waals surface area (Å²) in [7, 11) is 0. The molecule has 4 rings (SSSR count). The zero-order chi connectivity index (χ0) is 19.5. The van der Waals surface area contributed by atoms with Gasteiger partial charge in [0.25, 0.3) is 5.91 Å². The lowest BCUT2D eigenvalue weighted by Gasteiger charge is -2.19. The first kappa shape index (κ1) is 17.9. The minimum absolute atomic E-state index is 0.0889. The van der Waals surface area contributed by atoms with E-state index in [2.05, 4.69) is 10.3 Å². The number of nitrogens with one attached hydrogen (secondary N) is 2. The molecule has 1 aliphatic heterocycles. The normalized spacial score (nSPS) is 13.8. The first-order valence-corrected chi connectivity index (χ1v) is 9.05. The highest BCUT2D eigenvalue weighted by atomic mass is 16.6. The van der Waals surface area contributed by atoms with Gasteiger partial charge in [-0.05, 0) is 30.7 Å². The van der Waals surface area contributed by atoms with Gasteiger partial charge in [0, 0.05) is 28.9 Å². The molecule has 2 heterocycles. The van der Waals surface area contributed by atoms with Crippen molar-refractivity contribution in [2.75, 3.05) is 18.5 Å². The monoisotopic (exact) mass is 380 g/mol. The molecule has 0 unspecified atom stereocenters. The van der Waals surface area contributed by atoms with Gasteiger partial charge in [-0.25, -0.2) is 0 Å². The van der Waals surface area contributed by atoms with Crippen LogP contribution in [-0.2, 0) is 20.7 Å². The van der Waals surface area contributed by atoms with Gasteiger partial charge in [0.2, 0.25) is 0 Å². The quantitative estimate of drug-likeness (QED) is 0.664. The number of carbonyl (C=O) groups excluding carboxylic acids is 2. The molecule has 1 atom stereocenters. The summed E-state index contributed by atoms with van der Waals surface area (Å²) in [6, 6.07) is 12.8. The largest absolute Gasteiger partial charge is 0.486 e. The molecular weight excluding hydrogens is 360 g/mol. The van der Waals surface area contributed by atoms with E-state index < -0.39 is 18.0 Å². The van der Waals surface area contributed by atoms with Crippen LogP contribution in [0.1, 0.15) is 12.5 Å². The number of hydrogen-bond donors (Lipinski definition) is 2. The van der Waals surface area contributed by atoms with Crippen LogP contribution in [0.15, 0.2) is 48.7 Å².